The van der Waals surface area contributed by atoms with Crippen LogP contribution in [0.3, 0.4) is 0 Å². The Morgan fingerprint density at radius 2 is 1.59 bits per heavy atom. The summed E-state index contributed by atoms with van der Waals surface area (Å²) < 4.78 is 46.8. The number of nitrogens with zero attached hydrogens (tertiary/aromatic N) is 6. The minimum absolute atomic E-state index is 0. The maximum atomic E-state index is 14.1. The molecule has 3 aromatic rings. The van der Waals surface area contributed by atoms with Gasteiger partial charge in [-0.15, -0.1) is 12.4 Å². The van der Waals surface area contributed by atoms with E-state index in [-0.39, 0.29) is 18.2 Å². The number of para-hydroxylation sites is 2. The van der Waals surface area contributed by atoms with Crippen molar-refractivity contribution in [3.63, 3.8) is 0 Å². The second kappa shape index (κ2) is 12.7. The molecule has 0 unspecified atom stereocenters. The van der Waals surface area contributed by atoms with E-state index in [1.165, 1.54) is 4.57 Å². The SMILES string of the molecule is Cl.FC(F)c1nc2ccccc2n1-c1cc(OCC2CCC(N3CCOCC3)CC2)nc(N2CCOCC2)n1. The Labute approximate surface area is 232 Å². The van der Waals surface area contributed by atoms with Crippen LogP contribution in [0.15, 0.2) is 30.3 Å². The van der Waals surface area contributed by atoms with E-state index in [1.54, 1.807) is 24.3 Å². The van der Waals surface area contributed by atoms with E-state index in [2.05, 4.69) is 14.9 Å². The minimum atomic E-state index is -2.75. The monoisotopic (exact) mass is 564 g/mol. The van der Waals surface area contributed by atoms with Crippen LogP contribution in [0.2, 0.25) is 0 Å². The number of rotatable bonds is 7. The molecule has 12 heteroatoms. The highest BCUT2D eigenvalue weighted by Gasteiger charge is 2.28. The number of benzene rings is 1. The maximum Gasteiger partial charge on any atom is 0.296 e. The summed E-state index contributed by atoms with van der Waals surface area (Å²) in [5, 5.41) is 0. The van der Waals surface area contributed by atoms with Gasteiger partial charge in [-0.3, -0.25) is 9.47 Å². The fourth-order valence-corrected chi connectivity index (χ4v) is 5.75. The standard InChI is InChI=1S/C27H34F2N6O3.ClH/c28-25(29)26-30-21-3-1-2-4-22(21)35(26)23-17-24(32-27(31-23)34-11-15-37-16-12-34)38-18-19-5-7-20(8-6-19)33-9-13-36-14-10-33;/h1-4,17,19-20,25H,5-16,18H2;1H. The summed E-state index contributed by atoms with van der Waals surface area (Å²) in [4.78, 5) is 18.1. The summed E-state index contributed by atoms with van der Waals surface area (Å²) in [5.74, 6) is 1.27. The molecule has 1 aromatic carbocycles. The minimum Gasteiger partial charge on any atom is -0.477 e. The summed E-state index contributed by atoms with van der Waals surface area (Å²) in [6, 6.07) is 9.38. The van der Waals surface area contributed by atoms with Gasteiger partial charge < -0.3 is 19.1 Å². The second-order valence-electron chi connectivity index (χ2n) is 10.2. The van der Waals surface area contributed by atoms with Gasteiger partial charge in [0.05, 0.1) is 44.1 Å². The smallest absolute Gasteiger partial charge is 0.296 e. The zero-order valence-corrected chi connectivity index (χ0v) is 22.7. The van der Waals surface area contributed by atoms with Crippen molar-refractivity contribution in [3.8, 4) is 11.7 Å². The van der Waals surface area contributed by atoms with Gasteiger partial charge in [0, 0.05) is 38.3 Å². The molecule has 0 spiro atoms. The van der Waals surface area contributed by atoms with Gasteiger partial charge in [0.2, 0.25) is 11.8 Å². The molecule has 2 aliphatic heterocycles. The molecule has 2 aromatic heterocycles. The van der Waals surface area contributed by atoms with Crippen molar-refractivity contribution in [1.29, 1.82) is 0 Å². The van der Waals surface area contributed by atoms with Crippen molar-refractivity contribution in [2.45, 2.75) is 38.2 Å². The molecule has 3 fully saturated rings. The first-order chi connectivity index (χ1) is 18.7. The van der Waals surface area contributed by atoms with Gasteiger partial charge in [0.25, 0.3) is 6.43 Å². The molecule has 39 heavy (non-hydrogen) atoms. The average Bonchev–Trinajstić information content (AvgIpc) is 3.37. The predicted octanol–water partition coefficient (Wildman–Crippen LogP) is 4.28. The van der Waals surface area contributed by atoms with Crippen molar-refractivity contribution in [2.75, 3.05) is 64.1 Å². The van der Waals surface area contributed by atoms with Crippen LogP contribution >= 0.6 is 12.4 Å². The van der Waals surface area contributed by atoms with E-state index >= 15 is 0 Å². The third-order valence-corrected chi connectivity index (χ3v) is 7.83. The number of fused-ring (bicyclic) bond motifs is 1. The summed E-state index contributed by atoms with van der Waals surface area (Å²) in [6.07, 6.45) is 1.74. The Hall–Kier alpha value is -2.60. The molecular weight excluding hydrogens is 530 g/mol. The number of alkyl halides is 2. The summed E-state index contributed by atoms with van der Waals surface area (Å²) in [6.45, 7) is 6.60. The van der Waals surface area contributed by atoms with Crippen LogP contribution in [0.4, 0.5) is 14.7 Å². The molecule has 1 saturated carbocycles. The lowest BCUT2D eigenvalue weighted by Crippen LogP contribution is -2.45. The Morgan fingerprint density at radius 3 is 2.31 bits per heavy atom. The first kappa shape index (κ1) is 27.9. The molecule has 4 heterocycles. The lowest BCUT2D eigenvalue weighted by molar-refractivity contribution is 0.00296. The van der Waals surface area contributed by atoms with Crippen molar-refractivity contribution in [3.05, 3.63) is 36.2 Å². The van der Waals surface area contributed by atoms with Crippen LogP contribution in [0.25, 0.3) is 16.9 Å². The third-order valence-electron chi connectivity index (χ3n) is 7.83. The third kappa shape index (κ3) is 6.26. The van der Waals surface area contributed by atoms with Crippen LogP contribution in [-0.2, 0) is 9.47 Å². The summed E-state index contributed by atoms with van der Waals surface area (Å²) in [5.41, 5.74) is 1.07. The lowest BCUT2D eigenvalue weighted by Gasteiger charge is -2.38. The Morgan fingerprint density at radius 1 is 0.897 bits per heavy atom. The van der Waals surface area contributed by atoms with Gasteiger partial charge in [-0.2, -0.15) is 9.97 Å². The van der Waals surface area contributed by atoms with Crippen LogP contribution < -0.4 is 9.64 Å². The van der Waals surface area contributed by atoms with Gasteiger partial charge >= 0.3 is 0 Å². The molecule has 3 aliphatic rings. The predicted molar refractivity (Wildman–Crippen MR) is 146 cm³/mol. The number of halogens is 3. The van der Waals surface area contributed by atoms with E-state index in [9.17, 15) is 8.78 Å². The van der Waals surface area contributed by atoms with Gasteiger partial charge in [-0.05, 0) is 43.7 Å². The normalized spacial score (nSPS) is 22.7. The van der Waals surface area contributed by atoms with Crippen molar-refractivity contribution >= 4 is 29.4 Å². The topological polar surface area (TPSA) is 77.8 Å². The Balaban J connectivity index is 0.00000308. The molecule has 0 radical (unpaired) electrons. The Bertz CT molecular complexity index is 1230. The average molecular weight is 565 g/mol. The van der Waals surface area contributed by atoms with Crippen molar-refractivity contribution in [1.82, 2.24) is 24.4 Å². The molecule has 0 amide bonds. The number of hydrogen-bond donors (Lipinski definition) is 0. The zero-order chi connectivity index (χ0) is 25.9. The highest BCUT2D eigenvalue weighted by atomic mass is 35.5. The molecule has 2 saturated heterocycles. The van der Waals surface area contributed by atoms with E-state index in [0.717, 1.165) is 52.0 Å². The fraction of sp³-hybridized carbons (Fsp3) is 0.593. The van der Waals surface area contributed by atoms with Gasteiger partial charge in [-0.25, -0.2) is 13.8 Å². The Kier molecular flexibility index (Phi) is 9.11. The molecular formula is C27H35ClF2N6O3. The van der Waals surface area contributed by atoms with Crippen LogP contribution in [-0.4, -0.2) is 89.7 Å². The first-order valence-corrected chi connectivity index (χ1v) is 13.6. The van der Waals surface area contributed by atoms with Crippen molar-refractivity contribution < 1.29 is 23.0 Å². The fourth-order valence-electron chi connectivity index (χ4n) is 5.75. The molecule has 0 atom stereocenters. The number of aromatic nitrogens is 4. The van der Waals surface area contributed by atoms with E-state index < -0.39 is 6.43 Å². The van der Waals surface area contributed by atoms with Crippen LogP contribution in [0.1, 0.15) is 37.9 Å². The van der Waals surface area contributed by atoms with E-state index in [4.69, 9.17) is 19.2 Å². The van der Waals surface area contributed by atoms with E-state index in [1.807, 2.05) is 11.0 Å². The number of imidazole rings is 1. The molecule has 1 aliphatic carbocycles. The molecule has 6 rings (SSSR count). The largest absolute Gasteiger partial charge is 0.477 e. The van der Waals surface area contributed by atoms with Crippen molar-refractivity contribution in [2.24, 2.45) is 5.92 Å². The van der Waals surface area contributed by atoms with Gasteiger partial charge in [0.1, 0.15) is 5.82 Å². The van der Waals surface area contributed by atoms with Gasteiger partial charge in [0.15, 0.2) is 5.82 Å². The van der Waals surface area contributed by atoms with Crippen LogP contribution in [0.5, 0.6) is 5.88 Å². The zero-order valence-electron chi connectivity index (χ0n) is 21.9. The highest BCUT2D eigenvalue weighted by Crippen LogP contribution is 2.31. The quantitative estimate of drug-likeness (QED) is 0.421. The molecule has 0 N–H and O–H groups in total. The lowest BCUT2D eigenvalue weighted by atomic mass is 9.85. The number of morpholine rings is 2. The number of anilines is 1. The second-order valence-corrected chi connectivity index (χ2v) is 10.2. The summed E-state index contributed by atoms with van der Waals surface area (Å²) >= 11 is 0. The maximum absolute atomic E-state index is 14.1. The highest BCUT2D eigenvalue weighted by molar-refractivity contribution is 5.85. The molecule has 9 nitrogen and oxygen atoms in total. The summed E-state index contributed by atoms with van der Waals surface area (Å²) in [7, 11) is 0. The molecule has 0 bridgehead atoms. The molecule has 212 valence electrons. The van der Waals surface area contributed by atoms with E-state index in [0.29, 0.717) is 73.5 Å². The number of hydrogen-bond acceptors (Lipinski definition) is 8. The first-order valence-electron chi connectivity index (χ1n) is 13.6. The van der Waals surface area contributed by atoms with Gasteiger partial charge in [-0.1, -0.05) is 12.1 Å². The van der Waals surface area contributed by atoms with Crippen LogP contribution in [0, 0.1) is 5.92 Å². The number of ether oxygens (including phenoxy) is 3.